The Morgan fingerprint density at radius 3 is 1.38 bits per heavy atom. The summed E-state index contributed by atoms with van der Waals surface area (Å²) in [5.41, 5.74) is 0. The molecule has 0 aromatic heterocycles. The summed E-state index contributed by atoms with van der Waals surface area (Å²) in [7, 11) is 0. The standard InChI is InChI=1S/C6H5.2No/c1-2-4-6-5-3-1;;/h1-5H;;/q-1;;. The van der Waals surface area contributed by atoms with Crippen molar-refractivity contribution in [3.63, 3.8) is 0 Å². The van der Waals surface area contributed by atoms with Crippen molar-refractivity contribution in [2.24, 2.45) is 0 Å². The van der Waals surface area contributed by atoms with Crippen molar-refractivity contribution in [1.29, 1.82) is 0 Å². The first kappa shape index (κ1) is 8.97. The maximum Gasteiger partial charge on any atom is 0 e. The molecule has 0 aliphatic rings. The first-order chi connectivity index (χ1) is 3.00. The Balaban J connectivity index is 0. The van der Waals surface area contributed by atoms with Crippen LogP contribution in [0.4, 0.5) is 0 Å². The zero-order valence-electron chi connectivity index (χ0n) is 3.92. The largest absolute Gasteiger partial charge is 0.184 e. The van der Waals surface area contributed by atoms with Gasteiger partial charge in [-0.25, -0.2) is 0 Å². The van der Waals surface area contributed by atoms with Gasteiger partial charge in [0.15, 0.2) is 0 Å². The zero-order chi connectivity index (χ0) is 4.24. The number of benzene rings is 1. The number of rotatable bonds is 0. The molecule has 0 atom stereocenters. The second-order valence-electron chi connectivity index (χ2n) is 1.08. The molecule has 8 heavy (non-hydrogen) atoms. The minimum atomic E-state index is 0. The van der Waals surface area contributed by atoms with Gasteiger partial charge >= 0.3 is 0 Å². The molecule has 0 bridgehead atoms. The van der Waals surface area contributed by atoms with Crippen LogP contribution in [0.3, 0.4) is 0 Å². The fraction of sp³-hybridized carbons (Fsp3) is 0. The smallest absolute Gasteiger partial charge is 0 e. The third-order valence-corrected chi connectivity index (χ3v) is 0.607. The van der Waals surface area contributed by atoms with Gasteiger partial charge in [-0.3, -0.25) is 0 Å². The van der Waals surface area contributed by atoms with E-state index in [9.17, 15) is 0 Å². The van der Waals surface area contributed by atoms with Crippen molar-refractivity contribution >= 4 is 0 Å². The van der Waals surface area contributed by atoms with Crippen LogP contribution in [-0.2, 0) is 0 Å². The normalized spacial score (nSPS) is 6.00. The van der Waals surface area contributed by atoms with E-state index in [4.69, 9.17) is 0 Å². The summed E-state index contributed by atoms with van der Waals surface area (Å²) in [5.74, 6) is 0. The topological polar surface area (TPSA) is 0 Å². The van der Waals surface area contributed by atoms with Gasteiger partial charge in [0.2, 0.25) is 0 Å². The third kappa shape index (κ3) is 1.53. The molecule has 0 nitrogen and oxygen atoms in total. The van der Waals surface area contributed by atoms with E-state index in [1.807, 2.05) is 30.3 Å². The summed E-state index contributed by atoms with van der Waals surface area (Å²) in [6.45, 7) is 0. The average Bonchev–Trinajstić information content (AvgIpc) is 1.72. The quantitative estimate of drug-likeness (QED) is 0.400. The average molecular weight is 595 g/mol. The predicted molar refractivity (Wildman–Crippen MR) is 25.3 cm³/mol. The van der Waals surface area contributed by atoms with Crippen LogP contribution in [0.5, 0.6) is 0 Å². The summed E-state index contributed by atoms with van der Waals surface area (Å²) in [5, 5.41) is 0. The van der Waals surface area contributed by atoms with E-state index >= 15 is 0 Å². The van der Waals surface area contributed by atoms with Crippen LogP contribution >= 0.6 is 0 Å². The van der Waals surface area contributed by atoms with Gasteiger partial charge in [-0.15, -0.1) is 0 Å². The van der Waals surface area contributed by atoms with Gasteiger partial charge in [-0.05, 0) is 0 Å². The molecule has 0 heterocycles. The Morgan fingerprint density at radius 2 is 1.25 bits per heavy atom. The summed E-state index contributed by atoms with van der Waals surface area (Å²) < 4.78 is 0. The van der Waals surface area contributed by atoms with Crippen molar-refractivity contribution in [2.45, 2.75) is 0 Å². The summed E-state index contributed by atoms with van der Waals surface area (Å²) in [6.07, 6.45) is 0. The molecule has 0 aliphatic carbocycles. The first-order valence-corrected chi connectivity index (χ1v) is 1.91. The number of hydrogen-bond donors (Lipinski definition) is 0. The molecule has 1 rings (SSSR count). The van der Waals surface area contributed by atoms with Gasteiger partial charge in [-0.2, -0.15) is 36.4 Å². The molecule has 58 valence electrons. The molecule has 1 aromatic carbocycles. The van der Waals surface area contributed by atoms with Crippen LogP contribution in [0.15, 0.2) is 30.3 Å². The number of hydrogen-bond acceptors (Lipinski definition) is 0. The Kier molecular flexibility index (Phi) is 4.73. The van der Waals surface area contributed by atoms with Gasteiger partial charge in [0.05, 0.1) is 0 Å². The van der Waals surface area contributed by atoms with E-state index in [1.54, 1.807) is 0 Å². The molecular formula is C6H5No2-. The van der Waals surface area contributed by atoms with Gasteiger partial charge in [0, 0.05) is 0 Å². The molecule has 1 aromatic rings. The molecule has 0 radical (unpaired) electrons. The Hall–Kier alpha value is -2.78. The Morgan fingerprint density at radius 1 is 0.750 bits per heavy atom. The molecule has 0 saturated heterocycles. The van der Waals surface area contributed by atoms with Crippen molar-refractivity contribution in [3.8, 4) is 0 Å². The van der Waals surface area contributed by atoms with Crippen LogP contribution in [0, 0.1) is 6.07 Å². The molecular weight excluding hydrogens is 590 g/mol. The first-order valence-electron chi connectivity index (χ1n) is 1.91. The second kappa shape index (κ2) is 4.22. The van der Waals surface area contributed by atoms with Gasteiger partial charge in [0.25, 0.3) is 0 Å². The summed E-state index contributed by atoms with van der Waals surface area (Å²) in [4.78, 5) is 0. The second-order valence-corrected chi connectivity index (χ2v) is 1.08. The van der Waals surface area contributed by atoms with E-state index in [2.05, 4.69) is 6.07 Å². The maximum atomic E-state index is 2.89. The van der Waals surface area contributed by atoms with E-state index in [0.717, 1.165) is 0 Å². The molecule has 0 aliphatic heterocycles. The predicted octanol–water partition coefficient (Wildman–Crippen LogP) is 1.49. The molecule has 0 spiro atoms. The third-order valence-electron chi connectivity index (χ3n) is 0.607. The monoisotopic (exact) mass is 595 g/mol. The fourth-order valence-corrected chi connectivity index (χ4v) is 0.342. The fourth-order valence-electron chi connectivity index (χ4n) is 0.342. The van der Waals surface area contributed by atoms with Crippen molar-refractivity contribution in [1.82, 2.24) is 0 Å². The van der Waals surface area contributed by atoms with Crippen LogP contribution < -0.4 is 0 Å². The Labute approximate surface area is 37.4 Å². The van der Waals surface area contributed by atoms with Crippen molar-refractivity contribution < 1.29 is 0 Å². The van der Waals surface area contributed by atoms with Crippen LogP contribution in [0.2, 0.25) is 0 Å². The van der Waals surface area contributed by atoms with Crippen LogP contribution in [0.1, 0.15) is 0 Å². The van der Waals surface area contributed by atoms with Gasteiger partial charge in [-0.1, -0.05) is 0 Å². The summed E-state index contributed by atoms with van der Waals surface area (Å²) in [6, 6.07) is 12.5. The van der Waals surface area contributed by atoms with E-state index in [1.165, 1.54) is 0 Å². The van der Waals surface area contributed by atoms with E-state index in [0.29, 0.717) is 0 Å². The van der Waals surface area contributed by atoms with E-state index < -0.39 is 0 Å². The molecule has 2 heteroatoms. The van der Waals surface area contributed by atoms with Crippen molar-refractivity contribution in [3.05, 3.63) is 36.4 Å². The molecule has 0 unspecified atom stereocenters. The SMILES string of the molecule is [No].[No].[c-]1ccccc1. The molecule has 0 fully saturated rings. The van der Waals surface area contributed by atoms with Crippen LogP contribution in [0.25, 0.3) is 0 Å². The minimum Gasteiger partial charge on any atom is -0.184 e. The van der Waals surface area contributed by atoms with Gasteiger partial charge < -0.3 is 0 Å². The maximum absolute atomic E-state index is 2.89. The van der Waals surface area contributed by atoms with Crippen LogP contribution in [-0.4, -0.2) is 0 Å². The molecule has 0 N–H and O–H groups in total. The molecule has 0 amide bonds. The van der Waals surface area contributed by atoms with Crippen molar-refractivity contribution in [2.75, 3.05) is 0 Å². The Bertz CT molecular complexity index is 78.5. The molecule has 0 saturated carbocycles. The zero-order valence-corrected chi connectivity index (χ0v) is 8.37. The van der Waals surface area contributed by atoms with E-state index in [-0.39, 0.29) is 0 Å². The van der Waals surface area contributed by atoms with Gasteiger partial charge in [0.1, 0.15) is 0 Å². The minimum absolute atomic E-state index is 0. The summed E-state index contributed by atoms with van der Waals surface area (Å²) >= 11 is 0.